The molecule has 0 unspecified atom stereocenters. The topological polar surface area (TPSA) is 119 Å². The highest BCUT2D eigenvalue weighted by molar-refractivity contribution is 7.39. The molecular weight excluding hydrogens is 363 g/mol. The molecular formula is C17H15O8P. The van der Waals surface area contributed by atoms with E-state index in [2.05, 4.69) is 4.52 Å². The summed E-state index contributed by atoms with van der Waals surface area (Å²) >= 11 is 0. The van der Waals surface area contributed by atoms with Crippen molar-refractivity contribution in [3.63, 3.8) is 0 Å². The maximum absolute atomic E-state index is 12.4. The molecule has 0 saturated heterocycles. The predicted molar refractivity (Wildman–Crippen MR) is 94.1 cm³/mol. The van der Waals surface area contributed by atoms with E-state index < -0.39 is 20.8 Å². The maximum atomic E-state index is 12.4. The fourth-order valence-corrected chi connectivity index (χ4v) is 2.51. The average Bonchev–Trinajstić information content (AvgIpc) is 2.60. The van der Waals surface area contributed by atoms with Crippen LogP contribution < -0.4 is 14.9 Å². The summed E-state index contributed by atoms with van der Waals surface area (Å²) in [5, 5.41) is 10.1. The zero-order valence-corrected chi connectivity index (χ0v) is 14.5. The molecule has 0 radical (unpaired) electrons. The Morgan fingerprint density at radius 2 is 1.81 bits per heavy atom. The number of rotatable bonds is 6. The highest BCUT2D eigenvalue weighted by atomic mass is 31.2. The van der Waals surface area contributed by atoms with E-state index in [0.29, 0.717) is 17.1 Å². The first-order valence-electron chi connectivity index (χ1n) is 7.37. The minimum Gasteiger partial charge on any atom is -0.507 e. The summed E-state index contributed by atoms with van der Waals surface area (Å²) in [5.74, 6) is 0.801. The number of aromatic hydroxyl groups is 1. The molecule has 136 valence electrons. The summed E-state index contributed by atoms with van der Waals surface area (Å²) in [6.45, 7) is -0.438. The summed E-state index contributed by atoms with van der Waals surface area (Å²) in [6.07, 6.45) is 0. The predicted octanol–water partition coefficient (Wildman–Crippen LogP) is 2.74. The monoisotopic (exact) mass is 378 g/mol. The molecule has 0 fully saturated rings. The van der Waals surface area contributed by atoms with Gasteiger partial charge in [-0.05, 0) is 24.3 Å². The van der Waals surface area contributed by atoms with Gasteiger partial charge in [-0.1, -0.05) is 0 Å². The van der Waals surface area contributed by atoms with Crippen molar-refractivity contribution in [1.82, 2.24) is 0 Å². The van der Waals surface area contributed by atoms with Crippen LogP contribution in [-0.4, -0.2) is 28.8 Å². The Labute approximate surface area is 148 Å². The lowest BCUT2D eigenvalue weighted by Crippen LogP contribution is -2.03. The fraction of sp³-hybridized carbons (Fsp3) is 0.118. The van der Waals surface area contributed by atoms with Crippen molar-refractivity contribution in [2.75, 3.05) is 13.9 Å². The van der Waals surface area contributed by atoms with Crippen LogP contribution in [0.4, 0.5) is 0 Å². The molecule has 0 aliphatic heterocycles. The van der Waals surface area contributed by atoms with Crippen LogP contribution in [0.2, 0.25) is 0 Å². The van der Waals surface area contributed by atoms with E-state index in [1.807, 2.05) is 0 Å². The van der Waals surface area contributed by atoms with Crippen molar-refractivity contribution in [3.05, 3.63) is 52.7 Å². The van der Waals surface area contributed by atoms with Crippen LogP contribution in [0.5, 0.6) is 17.2 Å². The molecule has 9 heteroatoms. The van der Waals surface area contributed by atoms with Gasteiger partial charge in [0.15, 0.2) is 12.2 Å². The van der Waals surface area contributed by atoms with Crippen molar-refractivity contribution < 1.29 is 33.3 Å². The normalized spacial score (nSPS) is 11.1. The van der Waals surface area contributed by atoms with E-state index >= 15 is 0 Å². The third-order valence-corrected chi connectivity index (χ3v) is 3.89. The number of methoxy groups -OCH3 is 1. The van der Waals surface area contributed by atoms with Crippen LogP contribution in [-0.2, 0) is 4.52 Å². The van der Waals surface area contributed by atoms with Gasteiger partial charge in [0.1, 0.15) is 34.0 Å². The van der Waals surface area contributed by atoms with Crippen molar-refractivity contribution in [1.29, 1.82) is 0 Å². The van der Waals surface area contributed by atoms with E-state index in [9.17, 15) is 9.90 Å². The maximum Gasteiger partial charge on any atom is 0.330 e. The van der Waals surface area contributed by atoms with Crippen LogP contribution in [0, 0.1) is 0 Å². The lowest BCUT2D eigenvalue weighted by molar-refractivity contribution is 0.104. The van der Waals surface area contributed by atoms with Crippen LogP contribution in [0.3, 0.4) is 0 Å². The first-order chi connectivity index (χ1) is 12.5. The zero-order chi connectivity index (χ0) is 18.7. The standard InChI is InChI=1S/C17H15O8P/c1-22-11-4-2-10(3-5-11)15-8-14(19)17-13(18)6-12(7-16(17)25-15)23-9-24-26(20)21/h2-8,18,20-21H,9H2,1H3. The second kappa shape index (κ2) is 7.72. The molecule has 3 N–H and O–H groups in total. The molecule has 0 spiro atoms. The molecule has 3 rings (SSSR count). The van der Waals surface area contributed by atoms with Gasteiger partial charge in [0, 0.05) is 23.8 Å². The Kier molecular flexibility index (Phi) is 5.39. The fourth-order valence-electron chi connectivity index (χ4n) is 2.37. The molecule has 0 bridgehead atoms. The summed E-state index contributed by atoms with van der Waals surface area (Å²) in [5.41, 5.74) is 0.366. The van der Waals surface area contributed by atoms with Crippen LogP contribution in [0.15, 0.2) is 51.7 Å². The summed E-state index contributed by atoms with van der Waals surface area (Å²) in [6, 6.07) is 10.9. The van der Waals surface area contributed by atoms with E-state index in [-0.39, 0.29) is 22.5 Å². The number of phenols is 1. The van der Waals surface area contributed by atoms with Gasteiger partial charge in [0.25, 0.3) is 0 Å². The van der Waals surface area contributed by atoms with E-state index in [1.165, 1.54) is 18.2 Å². The molecule has 26 heavy (non-hydrogen) atoms. The lowest BCUT2D eigenvalue weighted by Gasteiger charge is -2.10. The number of fused-ring (bicyclic) bond motifs is 1. The highest BCUT2D eigenvalue weighted by Gasteiger charge is 2.13. The molecule has 2 aromatic carbocycles. The minimum absolute atomic E-state index is 0.0158. The van der Waals surface area contributed by atoms with Gasteiger partial charge in [0.05, 0.1) is 7.11 Å². The van der Waals surface area contributed by atoms with Crippen molar-refractivity contribution in [2.45, 2.75) is 0 Å². The molecule has 1 aromatic heterocycles. The van der Waals surface area contributed by atoms with E-state index in [1.54, 1.807) is 31.4 Å². The Hall–Kier alpha value is -2.64. The van der Waals surface area contributed by atoms with Crippen molar-refractivity contribution in [2.24, 2.45) is 0 Å². The molecule has 3 aromatic rings. The van der Waals surface area contributed by atoms with Gasteiger partial charge >= 0.3 is 8.60 Å². The molecule has 0 amide bonds. The summed E-state index contributed by atoms with van der Waals surface area (Å²) in [7, 11) is -1.00. The second-order valence-electron chi connectivity index (χ2n) is 5.16. The third-order valence-electron chi connectivity index (χ3n) is 3.55. The first-order valence-corrected chi connectivity index (χ1v) is 8.53. The average molecular weight is 378 g/mol. The number of phenolic OH excluding ortho intramolecular Hbond substituents is 1. The van der Waals surface area contributed by atoms with Gasteiger partial charge in [0.2, 0.25) is 0 Å². The van der Waals surface area contributed by atoms with Gasteiger partial charge in [-0.3, -0.25) is 9.32 Å². The SMILES string of the molecule is COc1ccc(-c2cc(=O)c3c(O)cc(OCOP(O)O)cc3o2)cc1. The third kappa shape index (κ3) is 3.95. The Morgan fingerprint density at radius 3 is 2.46 bits per heavy atom. The van der Waals surface area contributed by atoms with E-state index in [0.717, 1.165) is 0 Å². The van der Waals surface area contributed by atoms with Crippen molar-refractivity contribution in [3.8, 4) is 28.6 Å². The molecule has 0 saturated carbocycles. The number of hydrogen-bond donors (Lipinski definition) is 3. The molecule has 0 atom stereocenters. The smallest absolute Gasteiger partial charge is 0.330 e. The minimum atomic E-state index is -2.56. The first kappa shape index (κ1) is 18.2. The molecule has 0 aliphatic carbocycles. The Balaban J connectivity index is 2.00. The number of hydrogen-bond acceptors (Lipinski definition) is 8. The number of ether oxygens (including phenoxy) is 2. The van der Waals surface area contributed by atoms with Crippen LogP contribution in [0.25, 0.3) is 22.3 Å². The molecule has 0 aliphatic rings. The van der Waals surface area contributed by atoms with Crippen molar-refractivity contribution >= 4 is 19.6 Å². The van der Waals surface area contributed by atoms with Gasteiger partial charge < -0.3 is 28.8 Å². The lowest BCUT2D eigenvalue weighted by atomic mass is 10.1. The largest absolute Gasteiger partial charge is 0.507 e. The second-order valence-corrected chi connectivity index (χ2v) is 5.93. The van der Waals surface area contributed by atoms with Gasteiger partial charge in [-0.15, -0.1) is 0 Å². The summed E-state index contributed by atoms with van der Waals surface area (Å²) in [4.78, 5) is 29.7. The van der Waals surface area contributed by atoms with Gasteiger partial charge in [-0.2, -0.15) is 0 Å². The Bertz CT molecular complexity index is 965. The quantitative estimate of drug-likeness (QED) is 0.443. The van der Waals surface area contributed by atoms with Gasteiger partial charge in [-0.25, -0.2) is 0 Å². The number of benzene rings is 2. The van der Waals surface area contributed by atoms with Crippen LogP contribution in [0.1, 0.15) is 0 Å². The highest BCUT2D eigenvalue weighted by Crippen LogP contribution is 2.32. The zero-order valence-electron chi connectivity index (χ0n) is 13.6. The Morgan fingerprint density at radius 1 is 1.08 bits per heavy atom. The van der Waals surface area contributed by atoms with E-state index in [4.69, 9.17) is 23.7 Å². The summed E-state index contributed by atoms with van der Waals surface area (Å²) < 4.78 is 20.5. The van der Waals surface area contributed by atoms with Crippen LogP contribution >= 0.6 is 8.60 Å². The molecule has 1 heterocycles. The molecule has 8 nitrogen and oxygen atoms in total.